The van der Waals surface area contributed by atoms with Gasteiger partial charge in [-0.2, -0.15) is 13.2 Å². The lowest BCUT2D eigenvalue weighted by Gasteiger charge is -2.23. The zero-order valence-corrected chi connectivity index (χ0v) is 11.0. The Hall–Kier alpha value is -1.02. The first kappa shape index (κ1) is 14.4. The van der Waals surface area contributed by atoms with Gasteiger partial charge >= 0.3 is 6.18 Å². The average molecular weight is 297 g/mol. The highest BCUT2D eigenvalue weighted by atomic mass is 32.2. The molecule has 0 saturated heterocycles. The summed E-state index contributed by atoms with van der Waals surface area (Å²) in [6.07, 6.45) is -0.0824. The van der Waals surface area contributed by atoms with Crippen LogP contribution in [0.2, 0.25) is 0 Å². The lowest BCUT2D eigenvalue weighted by Crippen LogP contribution is -2.36. The molecule has 0 heterocycles. The van der Waals surface area contributed by atoms with E-state index in [1.807, 2.05) is 0 Å². The van der Waals surface area contributed by atoms with Gasteiger partial charge in [-0.05, 0) is 31.4 Å². The topological polar surface area (TPSA) is 55.4 Å². The van der Waals surface area contributed by atoms with E-state index in [-0.39, 0.29) is 11.9 Å². The first-order chi connectivity index (χ1) is 8.63. The van der Waals surface area contributed by atoms with Crippen LogP contribution in [0.3, 0.4) is 0 Å². The van der Waals surface area contributed by atoms with Gasteiger partial charge in [0.15, 0.2) is 0 Å². The van der Waals surface area contributed by atoms with E-state index in [0.29, 0.717) is 0 Å². The third-order valence-corrected chi connectivity index (χ3v) is 3.41. The van der Waals surface area contributed by atoms with Gasteiger partial charge in [-0.1, -0.05) is 0 Å². The van der Waals surface area contributed by atoms with Crippen LogP contribution in [0.15, 0.2) is 23.5 Å². The zero-order valence-electron chi connectivity index (χ0n) is 10.2. The van der Waals surface area contributed by atoms with Gasteiger partial charge in [-0.25, -0.2) is 13.1 Å². The van der Waals surface area contributed by atoms with Crippen LogP contribution in [0.1, 0.15) is 19.3 Å². The van der Waals surface area contributed by atoms with Gasteiger partial charge in [0.05, 0.1) is 12.4 Å². The Labute approximate surface area is 109 Å². The first-order valence-electron chi connectivity index (χ1n) is 5.77. The second-order valence-corrected chi connectivity index (χ2v) is 6.53. The van der Waals surface area contributed by atoms with Crippen LogP contribution in [0.25, 0.3) is 0 Å². The molecular weight excluding hydrogens is 283 g/mol. The average Bonchev–Trinajstić information content (AvgIpc) is 2.96. The van der Waals surface area contributed by atoms with Gasteiger partial charge in [0, 0.05) is 11.6 Å². The van der Waals surface area contributed by atoms with E-state index in [1.54, 1.807) is 0 Å². The molecule has 0 radical (unpaired) electrons. The quantitative estimate of drug-likeness (QED) is 0.861. The maximum atomic E-state index is 12.7. The molecule has 0 aromatic carbocycles. The Kier molecular flexibility index (Phi) is 3.65. The second-order valence-electron chi connectivity index (χ2n) is 4.75. The van der Waals surface area contributed by atoms with Crippen molar-refractivity contribution < 1.29 is 26.3 Å². The van der Waals surface area contributed by atoms with Crippen LogP contribution in [-0.2, 0) is 14.8 Å². The normalized spacial score (nSPS) is 24.7. The highest BCUT2D eigenvalue weighted by molar-refractivity contribution is 7.88. The van der Waals surface area contributed by atoms with Gasteiger partial charge < -0.3 is 4.74 Å². The molecule has 2 aliphatic carbocycles. The molecule has 0 aliphatic heterocycles. The third kappa shape index (κ3) is 4.54. The number of halogens is 3. The van der Waals surface area contributed by atoms with Crippen LogP contribution >= 0.6 is 0 Å². The molecular formula is C11H14F3NO3S. The minimum absolute atomic E-state index is 0.0473. The van der Waals surface area contributed by atoms with Crippen LogP contribution in [0.4, 0.5) is 13.2 Å². The molecule has 2 rings (SSSR count). The maximum Gasteiger partial charge on any atom is 0.412 e. The van der Waals surface area contributed by atoms with Crippen molar-refractivity contribution in [1.29, 1.82) is 0 Å². The summed E-state index contributed by atoms with van der Waals surface area (Å²) in [4.78, 5) is 0. The fraction of sp³-hybridized carbons (Fsp3) is 0.636. The fourth-order valence-corrected chi connectivity index (χ4v) is 2.47. The zero-order chi connectivity index (χ0) is 14.3. The Bertz CT molecular complexity index is 518. The SMILES string of the molecule is CS(=O)(=O)NC1C=C(OC2CC2)C=C(C(F)(F)F)C1. The summed E-state index contributed by atoms with van der Waals surface area (Å²) in [5.74, 6) is 0.0854. The van der Waals surface area contributed by atoms with E-state index in [4.69, 9.17) is 4.74 Å². The minimum atomic E-state index is -4.48. The smallest absolute Gasteiger partial charge is 0.412 e. The molecule has 4 nitrogen and oxygen atoms in total. The summed E-state index contributed by atoms with van der Waals surface area (Å²) >= 11 is 0. The maximum absolute atomic E-state index is 12.7. The van der Waals surface area contributed by atoms with E-state index < -0.39 is 34.2 Å². The van der Waals surface area contributed by atoms with Crippen molar-refractivity contribution in [3.05, 3.63) is 23.5 Å². The van der Waals surface area contributed by atoms with Crippen LogP contribution in [-0.4, -0.2) is 33.0 Å². The van der Waals surface area contributed by atoms with Crippen molar-refractivity contribution in [2.24, 2.45) is 0 Å². The lowest BCUT2D eigenvalue weighted by atomic mass is 10.00. The number of rotatable bonds is 4. The second kappa shape index (κ2) is 4.82. The van der Waals surface area contributed by atoms with Gasteiger partial charge in [0.2, 0.25) is 10.0 Å². The van der Waals surface area contributed by atoms with Gasteiger partial charge in [0.25, 0.3) is 0 Å². The van der Waals surface area contributed by atoms with Gasteiger partial charge in [0.1, 0.15) is 5.76 Å². The predicted molar refractivity (Wildman–Crippen MR) is 62.7 cm³/mol. The number of sulfonamides is 1. The monoisotopic (exact) mass is 297 g/mol. The molecule has 19 heavy (non-hydrogen) atoms. The first-order valence-corrected chi connectivity index (χ1v) is 7.66. The summed E-state index contributed by atoms with van der Waals surface area (Å²) in [6.45, 7) is 0. The molecule has 0 spiro atoms. The lowest BCUT2D eigenvalue weighted by molar-refractivity contribution is -0.0950. The van der Waals surface area contributed by atoms with Crippen LogP contribution < -0.4 is 4.72 Å². The van der Waals surface area contributed by atoms with E-state index in [9.17, 15) is 21.6 Å². The minimum Gasteiger partial charge on any atom is -0.491 e. The van der Waals surface area contributed by atoms with Crippen LogP contribution in [0.5, 0.6) is 0 Å². The summed E-state index contributed by atoms with van der Waals surface area (Å²) in [5, 5.41) is 0. The molecule has 0 aromatic heterocycles. The Balaban J connectivity index is 2.18. The Morgan fingerprint density at radius 3 is 2.47 bits per heavy atom. The van der Waals surface area contributed by atoms with Crippen molar-refractivity contribution >= 4 is 10.0 Å². The summed E-state index contributed by atoms with van der Waals surface area (Å²) < 4.78 is 67.9. The summed E-state index contributed by atoms with van der Waals surface area (Å²) in [6, 6.07) is -0.926. The summed E-state index contributed by atoms with van der Waals surface area (Å²) in [5.41, 5.74) is -0.785. The van der Waals surface area contributed by atoms with Crippen molar-refractivity contribution in [3.63, 3.8) is 0 Å². The molecule has 108 valence electrons. The third-order valence-electron chi connectivity index (χ3n) is 2.68. The summed E-state index contributed by atoms with van der Waals surface area (Å²) in [7, 11) is -3.57. The van der Waals surface area contributed by atoms with Crippen molar-refractivity contribution in [2.75, 3.05) is 6.26 Å². The molecule has 1 saturated carbocycles. The van der Waals surface area contributed by atoms with Crippen molar-refractivity contribution in [1.82, 2.24) is 4.72 Å². The highest BCUT2D eigenvalue weighted by Crippen LogP contribution is 2.35. The Morgan fingerprint density at radius 2 is 2.00 bits per heavy atom. The largest absolute Gasteiger partial charge is 0.491 e. The molecule has 1 unspecified atom stereocenters. The molecule has 1 atom stereocenters. The van der Waals surface area contributed by atoms with Crippen molar-refractivity contribution in [3.8, 4) is 0 Å². The number of allylic oxidation sites excluding steroid dienone is 1. The number of hydrogen-bond acceptors (Lipinski definition) is 3. The van der Waals surface area contributed by atoms with Crippen molar-refractivity contribution in [2.45, 2.75) is 37.6 Å². The van der Waals surface area contributed by atoms with E-state index >= 15 is 0 Å². The van der Waals surface area contributed by atoms with Crippen LogP contribution in [0, 0.1) is 0 Å². The standard InChI is InChI=1S/C11H14F3NO3S/c1-19(16,17)15-8-4-7(11(12,13)14)5-10(6-8)18-9-2-3-9/h5-6,8-9,15H,2-4H2,1H3. The predicted octanol–water partition coefficient (Wildman–Crippen LogP) is 1.86. The molecule has 8 heteroatoms. The van der Waals surface area contributed by atoms with E-state index in [0.717, 1.165) is 25.2 Å². The molecule has 0 amide bonds. The molecule has 1 fully saturated rings. The van der Waals surface area contributed by atoms with Gasteiger partial charge in [-0.15, -0.1) is 0 Å². The number of hydrogen-bond donors (Lipinski definition) is 1. The fourth-order valence-electron chi connectivity index (χ4n) is 1.77. The number of nitrogens with one attached hydrogen (secondary N) is 1. The number of ether oxygens (including phenoxy) is 1. The van der Waals surface area contributed by atoms with E-state index in [2.05, 4.69) is 4.72 Å². The Morgan fingerprint density at radius 1 is 1.37 bits per heavy atom. The molecule has 1 N–H and O–H groups in total. The van der Waals surface area contributed by atoms with Gasteiger partial charge in [-0.3, -0.25) is 0 Å². The molecule has 2 aliphatic rings. The van der Waals surface area contributed by atoms with E-state index in [1.165, 1.54) is 6.08 Å². The highest BCUT2D eigenvalue weighted by Gasteiger charge is 2.38. The molecule has 0 bridgehead atoms. The number of alkyl halides is 3. The molecule has 0 aromatic rings.